The van der Waals surface area contributed by atoms with E-state index in [1.165, 1.54) is 12.1 Å². The van der Waals surface area contributed by atoms with Gasteiger partial charge in [0, 0.05) is 12.6 Å². The van der Waals surface area contributed by atoms with Crippen LogP contribution in [0.2, 0.25) is 0 Å². The lowest BCUT2D eigenvalue weighted by molar-refractivity contribution is 0.167. The number of benzene rings is 1. The zero-order valence-corrected chi connectivity index (χ0v) is 12.8. The molecule has 124 valence electrons. The Morgan fingerprint density at radius 1 is 1.21 bits per heavy atom. The van der Waals surface area contributed by atoms with Crippen LogP contribution >= 0.6 is 0 Å². The molecule has 4 rings (SSSR count). The summed E-state index contributed by atoms with van der Waals surface area (Å²) in [5, 5.41) is 18.0. The quantitative estimate of drug-likeness (QED) is 0.793. The zero-order valence-electron chi connectivity index (χ0n) is 12.8. The number of aromatic nitrogens is 2. The highest BCUT2D eigenvalue weighted by molar-refractivity contribution is 5.42. The predicted octanol–water partition coefficient (Wildman–Crippen LogP) is 2.78. The first-order chi connectivity index (χ1) is 11.7. The van der Waals surface area contributed by atoms with Gasteiger partial charge in [-0.15, -0.1) is 10.2 Å². The summed E-state index contributed by atoms with van der Waals surface area (Å²) in [6.45, 7) is 0.910. The second-order valence-corrected chi connectivity index (χ2v) is 5.86. The summed E-state index contributed by atoms with van der Waals surface area (Å²) in [5.41, 5.74) is 0.957. The van der Waals surface area contributed by atoms with Gasteiger partial charge in [0.15, 0.2) is 5.76 Å². The molecule has 0 unspecified atom stereocenters. The average molecular weight is 329 g/mol. The second-order valence-electron chi connectivity index (χ2n) is 5.86. The van der Waals surface area contributed by atoms with Gasteiger partial charge in [-0.1, -0.05) is 12.1 Å². The molecule has 3 aromatic rings. The van der Waals surface area contributed by atoms with Gasteiger partial charge in [0.25, 0.3) is 5.89 Å². The Labute approximate surface area is 137 Å². The van der Waals surface area contributed by atoms with Crippen molar-refractivity contribution in [2.45, 2.75) is 25.1 Å². The Balaban J connectivity index is 1.53. The molecule has 6 nitrogen and oxygen atoms in total. The van der Waals surface area contributed by atoms with Gasteiger partial charge in [-0.3, -0.25) is 4.90 Å². The van der Waals surface area contributed by atoms with Gasteiger partial charge >= 0.3 is 0 Å². The molecule has 0 saturated carbocycles. The molecule has 7 heteroatoms. The Kier molecular flexibility index (Phi) is 3.87. The fourth-order valence-corrected chi connectivity index (χ4v) is 3.08. The third kappa shape index (κ3) is 2.95. The molecule has 0 radical (unpaired) electrons. The summed E-state index contributed by atoms with van der Waals surface area (Å²) in [6.07, 6.45) is 1.69. The van der Waals surface area contributed by atoms with E-state index in [1.54, 1.807) is 30.5 Å². The van der Waals surface area contributed by atoms with Gasteiger partial charge in [0.2, 0.25) is 5.89 Å². The maximum atomic E-state index is 13.1. The van der Waals surface area contributed by atoms with E-state index in [2.05, 4.69) is 15.1 Å². The molecule has 0 aliphatic carbocycles. The molecule has 0 amide bonds. The molecule has 3 heterocycles. The largest absolute Gasteiger partial charge is 0.459 e. The molecule has 1 saturated heterocycles. The van der Waals surface area contributed by atoms with Crippen molar-refractivity contribution in [1.82, 2.24) is 15.1 Å². The number of furan rings is 1. The normalized spacial score (nSPS) is 21.4. The van der Waals surface area contributed by atoms with Crippen molar-refractivity contribution in [3.63, 3.8) is 0 Å². The minimum atomic E-state index is -0.437. The molecule has 1 aliphatic heterocycles. The molecular formula is C17H16FN3O3. The maximum absolute atomic E-state index is 13.1. The number of hydrogen-bond donors (Lipinski definition) is 1. The minimum Gasteiger partial charge on any atom is -0.459 e. The van der Waals surface area contributed by atoms with Gasteiger partial charge in [-0.25, -0.2) is 4.39 Å². The predicted molar refractivity (Wildman–Crippen MR) is 82.2 cm³/mol. The van der Waals surface area contributed by atoms with Crippen molar-refractivity contribution in [3.05, 3.63) is 59.9 Å². The van der Waals surface area contributed by atoms with Crippen molar-refractivity contribution in [3.8, 4) is 11.7 Å². The van der Waals surface area contributed by atoms with Crippen LogP contribution in [-0.2, 0) is 6.54 Å². The number of hydrogen-bond acceptors (Lipinski definition) is 6. The molecule has 0 bridgehead atoms. The third-order valence-corrected chi connectivity index (χ3v) is 4.17. The zero-order chi connectivity index (χ0) is 16.5. The average Bonchev–Trinajstić information content (AvgIpc) is 3.29. The van der Waals surface area contributed by atoms with Crippen LogP contribution in [0.25, 0.3) is 11.7 Å². The SMILES string of the molecule is O[C@H]1C[C@H](c2ccc(F)cc2)N(Cc2nnc(-c3ccco3)o2)C1. The lowest BCUT2D eigenvalue weighted by Gasteiger charge is -2.22. The van der Waals surface area contributed by atoms with Crippen molar-refractivity contribution in [2.24, 2.45) is 0 Å². The highest BCUT2D eigenvalue weighted by atomic mass is 19.1. The Hall–Kier alpha value is -2.51. The topological polar surface area (TPSA) is 75.5 Å². The van der Waals surface area contributed by atoms with E-state index in [-0.39, 0.29) is 11.9 Å². The van der Waals surface area contributed by atoms with Crippen LogP contribution in [0.15, 0.2) is 51.5 Å². The first kappa shape index (κ1) is 15.0. The Morgan fingerprint density at radius 2 is 2.04 bits per heavy atom. The van der Waals surface area contributed by atoms with Crippen LogP contribution in [0, 0.1) is 5.82 Å². The van der Waals surface area contributed by atoms with E-state index >= 15 is 0 Å². The lowest BCUT2D eigenvalue weighted by atomic mass is 10.0. The van der Waals surface area contributed by atoms with Crippen LogP contribution in [-0.4, -0.2) is 32.9 Å². The fraction of sp³-hybridized carbons (Fsp3) is 0.294. The van der Waals surface area contributed by atoms with E-state index in [4.69, 9.17) is 8.83 Å². The van der Waals surface area contributed by atoms with Crippen molar-refractivity contribution < 1.29 is 18.3 Å². The van der Waals surface area contributed by atoms with Crippen LogP contribution in [0.3, 0.4) is 0 Å². The monoisotopic (exact) mass is 329 g/mol. The number of rotatable bonds is 4. The Bertz CT molecular complexity index is 801. The van der Waals surface area contributed by atoms with Gasteiger partial charge < -0.3 is 13.9 Å². The molecule has 2 aromatic heterocycles. The number of aliphatic hydroxyl groups excluding tert-OH is 1. The van der Waals surface area contributed by atoms with E-state index in [0.717, 1.165) is 5.56 Å². The molecule has 1 N–H and O–H groups in total. The molecule has 1 fully saturated rings. The smallest absolute Gasteiger partial charge is 0.283 e. The van der Waals surface area contributed by atoms with E-state index in [9.17, 15) is 9.50 Å². The lowest BCUT2D eigenvalue weighted by Crippen LogP contribution is -2.24. The van der Waals surface area contributed by atoms with Gasteiger partial charge in [0.1, 0.15) is 5.82 Å². The fourth-order valence-electron chi connectivity index (χ4n) is 3.08. The third-order valence-electron chi connectivity index (χ3n) is 4.17. The molecule has 1 aliphatic rings. The maximum Gasteiger partial charge on any atom is 0.283 e. The van der Waals surface area contributed by atoms with Crippen molar-refractivity contribution in [2.75, 3.05) is 6.54 Å². The summed E-state index contributed by atoms with van der Waals surface area (Å²) >= 11 is 0. The summed E-state index contributed by atoms with van der Waals surface area (Å²) in [4.78, 5) is 2.05. The second kappa shape index (κ2) is 6.18. The molecule has 2 atom stereocenters. The first-order valence-electron chi connectivity index (χ1n) is 7.73. The molecule has 24 heavy (non-hydrogen) atoms. The highest BCUT2D eigenvalue weighted by Gasteiger charge is 2.33. The van der Waals surface area contributed by atoms with E-state index in [0.29, 0.717) is 37.1 Å². The number of halogens is 1. The number of β-amino-alcohol motifs (C(OH)–C–C–N with tert-alkyl or cyclic N) is 1. The van der Waals surface area contributed by atoms with E-state index in [1.807, 2.05) is 0 Å². The van der Waals surface area contributed by atoms with Crippen LogP contribution in [0.1, 0.15) is 23.9 Å². The summed E-state index contributed by atoms with van der Waals surface area (Å²) in [6, 6.07) is 9.83. The number of likely N-dealkylation sites (tertiary alicyclic amines) is 1. The standard InChI is InChI=1S/C17H16FN3O3/c18-12-5-3-11(4-6-12)14-8-13(22)9-21(14)10-16-19-20-17(24-16)15-2-1-7-23-15/h1-7,13-14,22H,8-10H2/t13-,14+/m0/s1. The summed E-state index contributed by atoms with van der Waals surface area (Å²) in [5.74, 6) is 1.02. The van der Waals surface area contributed by atoms with E-state index < -0.39 is 6.10 Å². The van der Waals surface area contributed by atoms with Gasteiger partial charge in [0.05, 0.1) is 18.9 Å². The van der Waals surface area contributed by atoms with Crippen LogP contribution < -0.4 is 0 Å². The molecule has 0 spiro atoms. The Morgan fingerprint density at radius 3 is 2.79 bits per heavy atom. The highest BCUT2D eigenvalue weighted by Crippen LogP contribution is 2.33. The van der Waals surface area contributed by atoms with Gasteiger partial charge in [-0.2, -0.15) is 0 Å². The first-order valence-corrected chi connectivity index (χ1v) is 7.73. The minimum absolute atomic E-state index is 0.0143. The van der Waals surface area contributed by atoms with Crippen LogP contribution in [0.5, 0.6) is 0 Å². The molecular weight excluding hydrogens is 313 g/mol. The number of nitrogens with zero attached hydrogens (tertiary/aromatic N) is 3. The number of aliphatic hydroxyl groups is 1. The van der Waals surface area contributed by atoms with Gasteiger partial charge in [-0.05, 0) is 36.2 Å². The molecule has 1 aromatic carbocycles. The van der Waals surface area contributed by atoms with Crippen molar-refractivity contribution in [1.29, 1.82) is 0 Å². The van der Waals surface area contributed by atoms with Crippen LogP contribution in [0.4, 0.5) is 4.39 Å². The van der Waals surface area contributed by atoms with Crippen molar-refractivity contribution >= 4 is 0 Å². The summed E-state index contributed by atoms with van der Waals surface area (Å²) in [7, 11) is 0. The summed E-state index contributed by atoms with van der Waals surface area (Å²) < 4.78 is 24.0.